The molecule has 0 fully saturated rings. The zero-order valence-corrected chi connectivity index (χ0v) is 29.4. The molecule has 0 N–H and O–H groups in total. The van der Waals surface area contributed by atoms with Crippen LogP contribution in [0.2, 0.25) is 0 Å². The van der Waals surface area contributed by atoms with E-state index in [-0.39, 0.29) is 0 Å². The van der Waals surface area contributed by atoms with Crippen LogP contribution >= 0.6 is 0 Å². The number of furan rings is 2. The van der Waals surface area contributed by atoms with E-state index < -0.39 is 0 Å². The third-order valence-electron chi connectivity index (χ3n) is 11.7. The van der Waals surface area contributed by atoms with Crippen molar-refractivity contribution in [3.05, 3.63) is 175 Å². The first-order chi connectivity index (χ1) is 26.7. The second kappa shape index (κ2) is 11.3. The topological polar surface area (TPSA) is 26.3 Å². The first-order valence-corrected chi connectivity index (χ1v) is 18.8. The molecule has 0 saturated heterocycles. The van der Waals surface area contributed by atoms with Crippen molar-refractivity contribution >= 4 is 82.3 Å². The van der Waals surface area contributed by atoms with Crippen molar-refractivity contribution in [1.29, 1.82) is 0 Å². The smallest absolute Gasteiger partial charge is 0.178 e. The Morgan fingerprint density at radius 3 is 1.63 bits per heavy atom. The van der Waals surface area contributed by atoms with Gasteiger partial charge in [0.2, 0.25) is 0 Å². The maximum atomic E-state index is 6.40. The molecule has 252 valence electrons. The van der Waals surface area contributed by atoms with Gasteiger partial charge in [-0.3, -0.25) is 0 Å². The molecule has 0 spiro atoms. The Morgan fingerprint density at radius 1 is 0.352 bits per heavy atom. The normalized spacial score (nSPS) is 13.0. The minimum atomic E-state index is 0.802. The van der Waals surface area contributed by atoms with Gasteiger partial charge in [0.15, 0.2) is 11.2 Å². The molecule has 0 atom stereocenters. The molecule has 0 amide bonds. The van der Waals surface area contributed by atoms with E-state index in [1.54, 1.807) is 0 Å². The Hall–Kier alpha value is -6.90. The van der Waals surface area contributed by atoms with Gasteiger partial charge in [-0.2, -0.15) is 0 Å². The SMILES string of the molecule is C1=Cc2c(c3ccccc3c3cc(-c4ccc(-c5ccc6cc(-c7ccc8oc9c(ccc%10c%11ccccc%11oc%109)c8c7)ccc6c5)cc4)ccc23)CC1. The summed E-state index contributed by atoms with van der Waals surface area (Å²) in [6.45, 7) is 0. The van der Waals surface area contributed by atoms with Crippen LogP contribution in [-0.4, -0.2) is 0 Å². The Morgan fingerprint density at radius 2 is 0.870 bits per heavy atom. The van der Waals surface area contributed by atoms with Crippen LogP contribution in [0.1, 0.15) is 17.5 Å². The first-order valence-electron chi connectivity index (χ1n) is 18.8. The minimum absolute atomic E-state index is 0.802. The van der Waals surface area contributed by atoms with Crippen LogP contribution in [-0.2, 0) is 6.42 Å². The third-order valence-corrected chi connectivity index (χ3v) is 11.7. The Kier molecular flexibility index (Phi) is 6.20. The number of allylic oxidation sites excluding steroid dienone is 1. The number of hydrogen-bond donors (Lipinski definition) is 0. The average Bonchev–Trinajstić information content (AvgIpc) is 3.82. The Balaban J connectivity index is 0.867. The van der Waals surface area contributed by atoms with Crippen LogP contribution < -0.4 is 0 Å². The quantitative estimate of drug-likeness (QED) is 0.173. The molecule has 2 aromatic heterocycles. The summed E-state index contributed by atoms with van der Waals surface area (Å²) >= 11 is 0. The standard InChI is InChI=1S/C52H32O2/c1-2-9-41-39(7-1)40-8-3-4-10-42(40)47-29-37(21-23-43(41)47)32-15-13-31(14-16-32)33-17-18-35-28-36(20-19-34(35)27-33)38-22-26-50-48(30-38)46-25-24-45-44-11-5-6-12-49(44)53-51(45)52(46)54-50/h2-6,8-30H,1,7H2. The molecular weight excluding hydrogens is 657 g/mol. The van der Waals surface area contributed by atoms with E-state index in [0.29, 0.717) is 0 Å². The van der Waals surface area contributed by atoms with Crippen LogP contribution in [0.25, 0.3) is 116 Å². The van der Waals surface area contributed by atoms with Crippen molar-refractivity contribution in [1.82, 2.24) is 0 Å². The zero-order chi connectivity index (χ0) is 35.3. The lowest BCUT2D eigenvalue weighted by atomic mass is 9.86. The molecule has 0 saturated carbocycles. The monoisotopic (exact) mass is 688 g/mol. The van der Waals surface area contributed by atoms with Gasteiger partial charge in [0.05, 0.1) is 0 Å². The largest absolute Gasteiger partial charge is 0.452 e. The van der Waals surface area contributed by atoms with Gasteiger partial charge in [0.25, 0.3) is 0 Å². The van der Waals surface area contributed by atoms with E-state index in [4.69, 9.17) is 8.83 Å². The summed E-state index contributed by atoms with van der Waals surface area (Å²) in [7, 11) is 0. The van der Waals surface area contributed by atoms with E-state index in [9.17, 15) is 0 Å². The minimum Gasteiger partial charge on any atom is -0.452 e. The van der Waals surface area contributed by atoms with Crippen molar-refractivity contribution in [2.24, 2.45) is 0 Å². The van der Waals surface area contributed by atoms with E-state index in [1.807, 2.05) is 18.2 Å². The predicted molar refractivity (Wildman–Crippen MR) is 227 cm³/mol. The molecule has 12 rings (SSSR count). The summed E-state index contributed by atoms with van der Waals surface area (Å²) in [5.41, 5.74) is 13.5. The van der Waals surface area contributed by atoms with Gasteiger partial charge in [0.1, 0.15) is 11.2 Å². The van der Waals surface area contributed by atoms with Crippen LogP contribution in [0, 0.1) is 0 Å². The molecule has 1 aliphatic carbocycles. The molecule has 0 radical (unpaired) electrons. The molecule has 9 aromatic carbocycles. The van der Waals surface area contributed by atoms with Crippen LogP contribution in [0.15, 0.2) is 173 Å². The summed E-state index contributed by atoms with van der Waals surface area (Å²) in [6.07, 6.45) is 6.86. The second-order valence-electron chi connectivity index (χ2n) is 14.7. The lowest BCUT2D eigenvalue weighted by Gasteiger charge is -2.18. The second-order valence-corrected chi connectivity index (χ2v) is 14.7. The molecule has 2 heteroatoms. The van der Waals surface area contributed by atoms with E-state index in [2.05, 4.69) is 152 Å². The van der Waals surface area contributed by atoms with Crippen molar-refractivity contribution in [2.75, 3.05) is 0 Å². The van der Waals surface area contributed by atoms with E-state index >= 15 is 0 Å². The summed E-state index contributed by atoms with van der Waals surface area (Å²) in [4.78, 5) is 0. The lowest BCUT2D eigenvalue weighted by molar-refractivity contribution is 0.633. The molecule has 2 heterocycles. The van der Waals surface area contributed by atoms with Crippen molar-refractivity contribution < 1.29 is 8.83 Å². The maximum absolute atomic E-state index is 6.40. The molecule has 54 heavy (non-hydrogen) atoms. The van der Waals surface area contributed by atoms with Crippen molar-refractivity contribution in [3.8, 4) is 33.4 Å². The van der Waals surface area contributed by atoms with E-state index in [0.717, 1.165) is 62.3 Å². The number of rotatable bonds is 3. The molecule has 1 aliphatic rings. The number of fused-ring (bicyclic) bond motifs is 14. The van der Waals surface area contributed by atoms with Crippen LogP contribution in [0.5, 0.6) is 0 Å². The Bertz CT molecular complexity index is 3370. The number of benzene rings is 9. The maximum Gasteiger partial charge on any atom is 0.178 e. The highest BCUT2D eigenvalue weighted by Crippen LogP contribution is 2.41. The zero-order valence-electron chi connectivity index (χ0n) is 29.4. The fourth-order valence-corrected chi connectivity index (χ4v) is 9.02. The van der Waals surface area contributed by atoms with Gasteiger partial charge in [-0.1, -0.05) is 121 Å². The number of hydrogen-bond acceptors (Lipinski definition) is 2. The summed E-state index contributed by atoms with van der Waals surface area (Å²) in [5.74, 6) is 0. The average molecular weight is 689 g/mol. The molecule has 0 bridgehead atoms. The highest BCUT2D eigenvalue weighted by Gasteiger charge is 2.18. The molecule has 2 nitrogen and oxygen atoms in total. The molecule has 0 unspecified atom stereocenters. The van der Waals surface area contributed by atoms with E-state index in [1.165, 1.54) is 71.3 Å². The predicted octanol–water partition coefficient (Wildman–Crippen LogP) is 14.9. The van der Waals surface area contributed by atoms with Gasteiger partial charge in [-0.15, -0.1) is 0 Å². The van der Waals surface area contributed by atoms with Gasteiger partial charge in [0, 0.05) is 21.5 Å². The third kappa shape index (κ3) is 4.41. The summed E-state index contributed by atoms with van der Waals surface area (Å²) < 4.78 is 12.7. The number of aryl methyl sites for hydroxylation is 1. The lowest BCUT2D eigenvalue weighted by Crippen LogP contribution is -1.97. The van der Waals surface area contributed by atoms with Crippen LogP contribution in [0.3, 0.4) is 0 Å². The van der Waals surface area contributed by atoms with Gasteiger partial charge >= 0.3 is 0 Å². The summed E-state index contributed by atoms with van der Waals surface area (Å²) in [6, 6.07) is 57.5. The first kappa shape index (κ1) is 29.7. The number of para-hydroxylation sites is 1. The molecule has 11 aromatic rings. The Labute approximate surface area is 311 Å². The van der Waals surface area contributed by atoms with Crippen molar-refractivity contribution in [3.63, 3.8) is 0 Å². The molecular formula is C52H32O2. The summed E-state index contributed by atoms with van der Waals surface area (Å²) in [5, 5.41) is 12.2. The highest BCUT2D eigenvalue weighted by molar-refractivity contribution is 6.19. The molecule has 0 aliphatic heterocycles. The van der Waals surface area contributed by atoms with Crippen molar-refractivity contribution in [2.45, 2.75) is 12.8 Å². The van der Waals surface area contributed by atoms with Crippen LogP contribution in [0.4, 0.5) is 0 Å². The fourth-order valence-electron chi connectivity index (χ4n) is 9.02. The fraction of sp³-hybridized carbons (Fsp3) is 0.0385. The van der Waals surface area contributed by atoms with Gasteiger partial charge in [-0.25, -0.2) is 0 Å². The highest BCUT2D eigenvalue weighted by atomic mass is 16.4. The van der Waals surface area contributed by atoms with Gasteiger partial charge < -0.3 is 8.83 Å². The van der Waals surface area contributed by atoms with Gasteiger partial charge in [-0.05, 0) is 138 Å².